The van der Waals surface area contributed by atoms with Crippen molar-refractivity contribution in [3.05, 3.63) is 29.6 Å². The molecule has 1 saturated heterocycles. The fourth-order valence-corrected chi connectivity index (χ4v) is 1.75. The van der Waals surface area contributed by atoms with Crippen molar-refractivity contribution in [3.8, 4) is 0 Å². The number of urea groups is 1. The SMILES string of the molecule is CN1CC(=O)N(Cc2cccc(C(=O)NN)n2)C1=O. The third-order valence-corrected chi connectivity index (χ3v) is 2.72. The second-order valence-corrected chi connectivity index (χ2v) is 4.11. The molecule has 1 fully saturated rings. The Morgan fingerprint density at radius 1 is 1.47 bits per heavy atom. The Bertz CT molecular complexity index is 545. The fraction of sp³-hybridized carbons (Fsp3) is 0.273. The number of hydrogen-bond acceptors (Lipinski definition) is 5. The third kappa shape index (κ3) is 2.52. The highest BCUT2D eigenvalue weighted by atomic mass is 16.2. The molecule has 0 atom stereocenters. The lowest BCUT2D eigenvalue weighted by Gasteiger charge is -2.13. The fourth-order valence-electron chi connectivity index (χ4n) is 1.75. The second kappa shape index (κ2) is 5.02. The van der Waals surface area contributed by atoms with Crippen LogP contribution >= 0.6 is 0 Å². The number of aromatic nitrogens is 1. The molecule has 8 heteroatoms. The molecule has 4 amide bonds. The van der Waals surface area contributed by atoms with E-state index in [4.69, 9.17) is 5.84 Å². The third-order valence-electron chi connectivity index (χ3n) is 2.72. The number of imide groups is 1. The molecule has 0 aliphatic carbocycles. The molecule has 0 unspecified atom stereocenters. The van der Waals surface area contributed by atoms with Crippen LogP contribution in [-0.2, 0) is 11.3 Å². The van der Waals surface area contributed by atoms with Gasteiger partial charge < -0.3 is 4.90 Å². The quantitative estimate of drug-likeness (QED) is 0.317. The van der Waals surface area contributed by atoms with E-state index in [0.29, 0.717) is 5.69 Å². The molecule has 3 N–H and O–H groups in total. The van der Waals surface area contributed by atoms with E-state index in [1.165, 1.54) is 11.0 Å². The molecule has 2 rings (SSSR count). The molecule has 1 aliphatic heterocycles. The lowest BCUT2D eigenvalue weighted by atomic mass is 10.3. The van der Waals surface area contributed by atoms with E-state index in [1.54, 1.807) is 19.2 Å². The van der Waals surface area contributed by atoms with E-state index in [0.717, 1.165) is 4.90 Å². The molecule has 19 heavy (non-hydrogen) atoms. The minimum absolute atomic E-state index is 0.0354. The van der Waals surface area contributed by atoms with Gasteiger partial charge in [-0.25, -0.2) is 15.6 Å². The molecule has 1 aromatic heterocycles. The Balaban J connectivity index is 2.18. The molecule has 0 aromatic carbocycles. The van der Waals surface area contributed by atoms with Crippen LogP contribution < -0.4 is 11.3 Å². The summed E-state index contributed by atoms with van der Waals surface area (Å²) in [6.45, 7) is 0.0928. The maximum atomic E-state index is 11.7. The molecule has 0 bridgehead atoms. The van der Waals surface area contributed by atoms with E-state index in [-0.39, 0.29) is 30.7 Å². The number of amides is 4. The van der Waals surface area contributed by atoms with E-state index in [9.17, 15) is 14.4 Å². The summed E-state index contributed by atoms with van der Waals surface area (Å²) in [5, 5.41) is 0. The molecule has 1 aromatic rings. The Kier molecular flexibility index (Phi) is 3.43. The number of pyridine rings is 1. The zero-order valence-corrected chi connectivity index (χ0v) is 10.3. The zero-order chi connectivity index (χ0) is 14.0. The highest BCUT2D eigenvalue weighted by molar-refractivity contribution is 6.01. The van der Waals surface area contributed by atoms with Gasteiger partial charge in [-0.3, -0.25) is 19.9 Å². The van der Waals surface area contributed by atoms with Gasteiger partial charge in [0.25, 0.3) is 11.8 Å². The Morgan fingerprint density at radius 2 is 2.21 bits per heavy atom. The molecule has 0 spiro atoms. The molecule has 8 nitrogen and oxygen atoms in total. The number of nitrogens with one attached hydrogen (secondary N) is 1. The molecular formula is C11H13N5O3. The number of hydrazine groups is 1. The lowest BCUT2D eigenvalue weighted by Crippen LogP contribution is -2.33. The summed E-state index contributed by atoms with van der Waals surface area (Å²) in [7, 11) is 1.55. The first-order valence-corrected chi connectivity index (χ1v) is 5.55. The first-order valence-electron chi connectivity index (χ1n) is 5.55. The van der Waals surface area contributed by atoms with Gasteiger partial charge in [-0.2, -0.15) is 0 Å². The van der Waals surface area contributed by atoms with E-state index in [1.807, 2.05) is 5.43 Å². The topological polar surface area (TPSA) is 109 Å². The smallest absolute Gasteiger partial charge is 0.318 e. The number of hydrogen-bond donors (Lipinski definition) is 2. The average Bonchev–Trinajstić information content (AvgIpc) is 2.65. The zero-order valence-electron chi connectivity index (χ0n) is 10.3. The number of rotatable bonds is 3. The highest BCUT2D eigenvalue weighted by Gasteiger charge is 2.33. The summed E-state index contributed by atoms with van der Waals surface area (Å²) in [6, 6.07) is 4.36. The van der Waals surface area contributed by atoms with E-state index < -0.39 is 5.91 Å². The second-order valence-electron chi connectivity index (χ2n) is 4.11. The Hall–Kier alpha value is -2.48. The number of nitrogens with zero attached hydrogens (tertiary/aromatic N) is 3. The monoisotopic (exact) mass is 263 g/mol. The first kappa shape index (κ1) is 13.0. The average molecular weight is 263 g/mol. The summed E-state index contributed by atoms with van der Waals surface area (Å²) >= 11 is 0. The van der Waals surface area contributed by atoms with Gasteiger partial charge in [0, 0.05) is 7.05 Å². The van der Waals surface area contributed by atoms with Crippen LogP contribution in [0.5, 0.6) is 0 Å². The van der Waals surface area contributed by atoms with Crippen LogP contribution in [0.1, 0.15) is 16.2 Å². The van der Waals surface area contributed by atoms with Crippen molar-refractivity contribution in [1.82, 2.24) is 20.2 Å². The predicted octanol–water partition coefficient (Wildman–Crippen LogP) is -0.921. The molecule has 0 radical (unpaired) electrons. The van der Waals surface area contributed by atoms with Crippen molar-refractivity contribution in [2.24, 2.45) is 5.84 Å². The van der Waals surface area contributed by atoms with Crippen molar-refractivity contribution in [1.29, 1.82) is 0 Å². The summed E-state index contributed by atoms with van der Waals surface area (Å²) in [4.78, 5) is 41.1. The van der Waals surface area contributed by atoms with Crippen molar-refractivity contribution in [2.75, 3.05) is 13.6 Å². The van der Waals surface area contributed by atoms with Crippen LogP contribution in [0.4, 0.5) is 4.79 Å². The van der Waals surface area contributed by atoms with Gasteiger partial charge in [-0.1, -0.05) is 6.07 Å². The van der Waals surface area contributed by atoms with Gasteiger partial charge in [-0.15, -0.1) is 0 Å². The maximum absolute atomic E-state index is 11.7. The summed E-state index contributed by atoms with van der Waals surface area (Å²) in [5.74, 6) is 4.20. The molecule has 1 aliphatic rings. The number of carbonyl (C=O) groups is 3. The van der Waals surface area contributed by atoms with Crippen LogP contribution in [-0.4, -0.2) is 46.2 Å². The highest BCUT2D eigenvalue weighted by Crippen LogP contribution is 2.12. The number of nitrogen functional groups attached to an aromatic ring is 1. The molecule has 100 valence electrons. The van der Waals surface area contributed by atoms with Gasteiger partial charge in [-0.05, 0) is 12.1 Å². The van der Waals surface area contributed by atoms with Crippen LogP contribution in [0.3, 0.4) is 0 Å². The van der Waals surface area contributed by atoms with Gasteiger partial charge >= 0.3 is 6.03 Å². The van der Waals surface area contributed by atoms with Crippen LogP contribution in [0.2, 0.25) is 0 Å². The van der Waals surface area contributed by atoms with Crippen LogP contribution in [0, 0.1) is 0 Å². The van der Waals surface area contributed by atoms with Gasteiger partial charge in [0.2, 0.25) is 0 Å². The number of likely N-dealkylation sites (N-methyl/N-ethyl adjacent to an activating group) is 1. The van der Waals surface area contributed by atoms with Crippen molar-refractivity contribution in [3.63, 3.8) is 0 Å². The largest absolute Gasteiger partial charge is 0.327 e. The molecule has 2 heterocycles. The van der Waals surface area contributed by atoms with Crippen molar-refractivity contribution in [2.45, 2.75) is 6.54 Å². The summed E-state index contributed by atoms with van der Waals surface area (Å²) in [6.07, 6.45) is 0. The van der Waals surface area contributed by atoms with Gasteiger partial charge in [0.1, 0.15) is 12.2 Å². The predicted molar refractivity (Wildman–Crippen MR) is 64.5 cm³/mol. The van der Waals surface area contributed by atoms with Crippen LogP contribution in [0.25, 0.3) is 0 Å². The Morgan fingerprint density at radius 3 is 2.79 bits per heavy atom. The normalized spacial score (nSPS) is 15.1. The van der Waals surface area contributed by atoms with Crippen molar-refractivity contribution >= 4 is 17.8 Å². The summed E-state index contributed by atoms with van der Waals surface area (Å²) in [5.41, 5.74) is 2.54. The van der Waals surface area contributed by atoms with Gasteiger partial charge in [0.05, 0.1) is 12.2 Å². The standard InChI is InChI=1S/C11H13N5O3/c1-15-6-9(17)16(11(15)19)5-7-3-2-4-8(13-7)10(18)14-12/h2-4H,5-6,12H2,1H3,(H,14,18). The number of carbonyl (C=O) groups excluding carboxylic acids is 3. The number of nitrogens with two attached hydrogens (primary N) is 1. The molecule has 0 saturated carbocycles. The van der Waals surface area contributed by atoms with Crippen molar-refractivity contribution < 1.29 is 14.4 Å². The molecular weight excluding hydrogens is 250 g/mol. The summed E-state index contributed by atoms with van der Waals surface area (Å²) < 4.78 is 0. The minimum atomic E-state index is -0.530. The van der Waals surface area contributed by atoms with E-state index in [2.05, 4.69) is 4.98 Å². The van der Waals surface area contributed by atoms with Gasteiger partial charge in [0.15, 0.2) is 0 Å². The Labute approximate surface area is 109 Å². The minimum Gasteiger partial charge on any atom is -0.318 e. The maximum Gasteiger partial charge on any atom is 0.327 e. The first-order chi connectivity index (χ1) is 9.02. The van der Waals surface area contributed by atoms with E-state index >= 15 is 0 Å². The van der Waals surface area contributed by atoms with Crippen LogP contribution in [0.15, 0.2) is 18.2 Å². The lowest BCUT2D eigenvalue weighted by molar-refractivity contribution is -0.125.